The minimum Gasteiger partial charge on any atom is -0.411 e. The molecule has 1 saturated heterocycles. The molecule has 0 aliphatic carbocycles. The summed E-state index contributed by atoms with van der Waals surface area (Å²) in [5.74, 6) is 0.565. The average molecular weight is 347 g/mol. The zero-order valence-electron chi connectivity index (χ0n) is 13.9. The molecule has 3 heterocycles. The lowest BCUT2D eigenvalue weighted by atomic mass is 10.3. The van der Waals surface area contributed by atoms with Gasteiger partial charge >= 0.3 is 0 Å². The SMILES string of the molecule is CCN1CCN(C(=O)C(C)Sc2nnc(-c3ccncc3)o2)CC1. The molecule has 1 fully saturated rings. The molecule has 0 radical (unpaired) electrons. The van der Waals surface area contributed by atoms with Crippen LogP contribution in [0.1, 0.15) is 13.8 Å². The number of nitrogens with zero attached hydrogens (tertiary/aromatic N) is 5. The Morgan fingerprint density at radius 3 is 2.62 bits per heavy atom. The highest BCUT2D eigenvalue weighted by Crippen LogP contribution is 2.26. The summed E-state index contributed by atoms with van der Waals surface area (Å²) in [5.41, 5.74) is 0.819. The molecule has 0 saturated carbocycles. The quantitative estimate of drug-likeness (QED) is 0.763. The van der Waals surface area contributed by atoms with Crippen molar-refractivity contribution >= 4 is 17.7 Å². The molecule has 2 aromatic heterocycles. The van der Waals surface area contributed by atoms with Crippen molar-refractivity contribution in [1.29, 1.82) is 0 Å². The number of carbonyl (C=O) groups excluding carboxylic acids is 1. The maximum atomic E-state index is 12.6. The summed E-state index contributed by atoms with van der Waals surface area (Å²) < 4.78 is 5.65. The number of aromatic nitrogens is 3. The predicted molar refractivity (Wildman–Crippen MR) is 91.5 cm³/mol. The molecule has 0 N–H and O–H groups in total. The molecule has 128 valence electrons. The Labute approximate surface area is 145 Å². The van der Waals surface area contributed by atoms with Crippen LogP contribution in [0.25, 0.3) is 11.5 Å². The Balaban J connectivity index is 1.58. The fourth-order valence-electron chi connectivity index (χ4n) is 2.61. The van der Waals surface area contributed by atoms with Gasteiger partial charge in [-0.2, -0.15) is 0 Å². The van der Waals surface area contributed by atoms with Crippen LogP contribution in [0.3, 0.4) is 0 Å². The van der Waals surface area contributed by atoms with E-state index < -0.39 is 0 Å². The van der Waals surface area contributed by atoms with E-state index in [0.29, 0.717) is 11.1 Å². The first-order valence-electron chi connectivity index (χ1n) is 8.09. The van der Waals surface area contributed by atoms with Crippen molar-refractivity contribution in [3.05, 3.63) is 24.5 Å². The van der Waals surface area contributed by atoms with Gasteiger partial charge in [0.1, 0.15) is 0 Å². The molecule has 1 atom stereocenters. The van der Waals surface area contributed by atoms with E-state index in [9.17, 15) is 4.79 Å². The number of amides is 1. The molecule has 3 rings (SSSR count). The second-order valence-corrected chi connectivity index (χ2v) is 6.92. The zero-order chi connectivity index (χ0) is 16.9. The Bertz CT molecular complexity index is 670. The van der Waals surface area contributed by atoms with Gasteiger partial charge in [0.05, 0.1) is 5.25 Å². The van der Waals surface area contributed by atoms with Crippen molar-refractivity contribution in [2.45, 2.75) is 24.3 Å². The van der Waals surface area contributed by atoms with Crippen molar-refractivity contribution in [2.75, 3.05) is 32.7 Å². The first kappa shape index (κ1) is 16.9. The summed E-state index contributed by atoms with van der Waals surface area (Å²) in [5, 5.41) is 8.23. The molecule has 7 nitrogen and oxygen atoms in total. The number of hydrogen-bond acceptors (Lipinski definition) is 7. The monoisotopic (exact) mass is 347 g/mol. The second kappa shape index (κ2) is 7.76. The van der Waals surface area contributed by atoms with Crippen LogP contribution in [0.15, 0.2) is 34.2 Å². The highest BCUT2D eigenvalue weighted by atomic mass is 32.2. The molecule has 1 aliphatic rings. The number of pyridine rings is 1. The Hall–Kier alpha value is -1.93. The molecule has 2 aromatic rings. The smallest absolute Gasteiger partial charge is 0.277 e. The van der Waals surface area contributed by atoms with Gasteiger partial charge in [-0.3, -0.25) is 9.78 Å². The molecular weight excluding hydrogens is 326 g/mol. The number of thioether (sulfide) groups is 1. The fourth-order valence-corrected chi connectivity index (χ4v) is 3.38. The average Bonchev–Trinajstić information content (AvgIpc) is 3.10. The van der Waals surface area contributed by atoms with Gasteiger partial charge in [0, 0.05) is 44.1 Å². The van der Waals surface area contributed by atoms with Gasteiger partial charge in [-0.05, 0) is 25.6 Å². The first-order valence-corrected chi connectivity index (χ1v) is 8.97. The van der Waals surface area contributed by atoms with E-state index in [1.165, 1.54) is 11.8 Å². The molecule has 0 spiro atoms. The van der Waals surface area contributed by atoms with Gasteiger partial charge in [0.2, 0.25) is 11.8 Å². The molecular formula is C16H21N5O2S. The van der Waals surface area contributed by atoms with Crippen molar-refractivity contribution in [2.24, 2.45) is 0 Å². The third-order valence-corrected chi connectivity index (χ3v) is 5.01. The van der Waals surface area contributed by atoms with Crippen LogP contribution in [0.2, 0.25) is 0 Å². The molecule has 1 amide bonds. The topological polar surface area (TPSA) is 75.4 Å². The summed E-state index contributed by atoms with van der Waals surface area (Å²) >= 11 is 1.31. The van der Waals surface area contributed by atoms with Crippen molar-refractivity contribution in [3.63, 3.8) is 0 Å². The van der Waals surface area contributed by atoms with E-state index in [4.69, 9.17) is 4.42 Å². The van der Waals surface area contributed by atoms with Gasteiger partial charge in [-0.25, -0.2) is 0 Å². The molecule has 1 unspecified atom stereocenters. The van der Waals surface area contributed by atoms with Gasteiger partial charge in [0.15, 0.2) is 0 Å². The van der Waals surface area contributed by atoms with Gasteiger partial charge in [-0.1, -0.05) is 18.7 Å². The molecule has 0 bridgehead atoms. The lowest BCUT2D eigenvalue weighted by molar-refractivity contribution is -0.132. The van der Waals surface area contributed by atoms with Crippen LogP contribution in [0.5, 0.6) is 0 Å². The van der Waals surface area contributed by atoms with E-state index in [1.807, 2.05) is 24.0 Å². The van der Waals surface area contributed by atoms with Crippen molar-refractivity contribution < 1.29 is 9.21 Å². The Morgan fingerprint density at radius 1 is 1.25 bits per heavy atom. The van der Waals surface area contributed by atoms with Crippen LogP contribution < -0.4 is 0 Å². The third kappa shape index (κ3) is 3.93. The molecule has 8 heteroatoms. The Morgan fingerprint density at radius 2 is 1.96 bits per heavy atom. The van der Waals surface area contributed by atoms with E-state index >= 15 is 0 Å². The summed E-state index contributed by atoms with van der Waals surface area (Å²) in [6, 6.07) is 3.62. The summed E-state index contributed by atoms with van der Waals surface area (Å²) in [6.45, 7) is 8.50. The van der Waals surface area contributed by atoms with Gasteiger partial charge < -0.3 is 14.2 Å². The lowest BCUT2D eigenvalue weighted by Crippen LogP contribution is -2.50. The van der Waals surface area contributed by atoms with Gasteiger partial charge in [-0.15, -0.1) is 10.2 Å². The van der Waals surface area contributed by atoms with Crippen LogP contribution in [-0.4, -0.2) is 68.9 Å². The van der Waals surface area contributed by atoms with E-state index in [2.05, 4.69) is 27.0 Å². The first-order chi connectivity index (χ1) is 11.7. The van der Waals surface area contributed by atoms with Crippen LogP contribution in [0, 0.1) is 0 Å². The zero-order valence-corrected chi connectivity index (χ0v) is 14.7. The highest BCUT2D eigenvalue weighted by Gasteiger charge is 2.26. The van der Waals surface area contributed by atoms with Crippen LogP contribution in [-0.2, 0) is 4.79 Å². The number of piperazine rings is 1. The number of rotatable bonds is 5. The minimum atomic E-state index is -0.246. The van der Waals surface area contributed by atoms with E-state index in [1.54, 1.807) is 12.4 Å². The summed E-state index contributed by atoms with van der Waals surface area (Å²) in [6.07, 6.45) is 3.35. The number of hydrogen-bond donors (Lipinski definition) is 0. The normalized spacial score (nSPS) is 17.0. The predicted octanol–water partition coefficient (Wildman–Crippen LogP) is 1.78. The highest BCUT2D eigenvalue weighted by molar-refractivity contribution is 8.00. The molecule has 1 aliphatic heterocycles. The maximum absolute atomic E-state index is 12.6. The number of likely N-dealkylation sites (N-methyl/N-ethyl adjacent to an activating group) is 1. The standard InChI is InChI=1S/C16H21N5O2S/c1-3-20-8-10-21(11-9-20)15(22)12(2)24-16-19-18-14(23-16)13-4-6-17-7-5-13/h4-7,12H,3,8-11H2,1-2H3. The Kier molecular flexibility index (Phi) is 5.47. The lowest BCUT2D eigenvalue weighted by Gasteiger charge is -2.35. The molecule has 0 aromatic carbocycles. The maximum Gasteiger partial charge on any atom is 0.277 e. The van der Waals surface area contributed by atoms with Crippen molar-refractivity contribution in [1.82, 2.24) is 25.0 Å². The van der Waals surface area contributed by atoms with Crippen molar-refractivity contribution in [3.8, 4) is 11.5 Å². The second-order valence-electron chi connectivity index (χ2n) is 5.63. The molecule has 24 heavy (non-hydrogen) atoms. The summed E-state index contributed by atoms with van der Waals surface area (Å²) in [7, 11) is 0. The number of carbonyl (C=O) groups is 1. The largest absolute Gasteiger partial charge is 0.411 e. The van der Waals surface area contributed by atoms with Crippen LogP contribution in [0.4, 0.5) is 0 Å². The van der Waals surface area contributed by atoms with E-state index in [0.717, 1.165) is 38.3 Å². The van der Waals surface area contributed by atoms with E-state index in [-0.39, 0.29) is 11.2 Å². The third-order valence-electron chi connectivity index (χ3n) is 4.09. The fraction of sp³-hybridized carbons (Fsp3) is 0.500. The minimum absolute atomic E-state index is 0.124. The van der Waals surface area contributed by atoms with Crippen LogP contribution >= 0.6 is 11.8 Å². The van der Waals surface area contributed by atoms with Gasteiger partial charge in [0.25, 0.3) is 5.22 Å². The summed E-state index contributed by atoms with van der Waals surface area (Å²) in [4.78, 5) is 20.8.